The Morgan fingerprint density at radius 3 is 2.48 bits per heavy atom. The van der Waals surface area contributed by atoms with Crippen LogP contribution in [0.5, 0.6) is 0 Å². The number of halogens is 5. The zero-order chi connectivity index (χ0) is 15.6. The van der Waals surface area contributed by atoms with Gasteiger partial charge in [-0.2, -0.15) is 13.2 Å². The van der Waals surface area contributed by atoms with Crippen LogP contribution < -0.4 is 0 Å². The molecule has 0 saturated heterocycles. The van der Waals surface area contributed by atoms with Crippen LogP contribution in [0.15, 0.2) is 18.2 Å². The molecule has 1 aromatic rings. The number of carbonyl (C=O) groups excluding carboxylic acids is 1. The fourth-order valence-electron chi connectivity index (χ4n) is 2.91. The Morgan fingerprint density at radius 2 is 1.81 bits per heavy atom. The molecule has 1 saturated carbocycles. The van der Waals surface area contributed by atoms with E-state index in [9.17, 15) is 26.7 Å². The Hall–Kier alpha value is -1.46. The van der Waals surface area contributed by atoms with Gasteiger partial charge in [-0.25, -0.2) is 8.78 Å². The molecule has 2 rings (SSSR count). The summed E-state index contributed by atoms with van der Waals surface area (Å²) in [5.41, 5.74) is -0.188. The highest BCUT2D eigenvalue weighted by Crippen LogP contribution is 2.42. The molecule has 0 spiro atoms. The number of Topliss-reactive ketones (excluding diaryl/α,β-unsaturated/α-hetero) is 1. The predicted octanol–water partition coefficient (Wildman–Crippen LogP) is 4.45. The van der Waals surface area contributed by atoms with Crippen molar-refractivity contribution in [2.45, 2.75) is 38.3 Å². The van der Waals surface area contributed by atoms with Crippen molar-refractivity contribution in [2.75, 3.05) is 0 Å². The Bertz CT molecular complexity index is 523. The molecule has 21 heavy (non-hydrogen) atoms. The van der Waals surface area contributed by atoms with Crippen LogP contribution in [0, 0.1) is 23.5 Å². The van der Waals surface area contributed by atoms with Gasteiger partial charge in [-0.15, -0.1) is 0 Å². The number of carbonyl (C=O) groups is 1. The number of ketones is 1. The van der Waals surface area contributed by atoms with Gasteiger partial charge in [0.05, 0.1) is 5.92 Å². The van der Waals surface area contributed by atoms with Gasteiger partial charge in [0.2, 0.25) is 0 Å². The number of hydrogen-bond donors (Lipinski definition) is 0. The first-order valence-electron chi connectivity index (χ1n) is 6.82. The molecular weight excluding hydrogens is 291 g/mol. The number of alkyl halides is 3. The van der Waals surface area contributed by atoms with Crippen molar-refractivity contribution in [1.29, 1.82) is 0 Å². The number of rotatable bonds is 3. The summed E-state index contributed by atoms with van der Waals surface area (Å²) in [6.07, 6.45) is -3.87. The molecule has 6 heteroatoms. The van der Waals surface area contributed by atoms with Gasteiger partial charge in [-0.3, -0.25) is 4.79 Å². The van der Waals surface area contributed by atoms with Crippen LogP contribution in [0.25, 0.3) is 0 Å². The van der Waals surface area contributed by atoms with Crippen LogP contribution in [0.4, 0.5) is 22.0 Å². The van der Waals surface area contributed by atoms with E-state index < -0.39 is 41.9 Å². The Labute approximate surface area is 119 Å². The molecule has 0 aromatic heterocycles. The van der Waals surface area contributed by atoms with E-state index in [-0.39, 0.29) is 18.4 Å². The molecular formula is C15H15F5O. The third kappa shape index (κ3) is 3.80. The zero-order valence-corrected chi connectivity index (χ0v) is 11.2. The molecule has 0 heterocycles. The standard InChI is InChI=1S/C15H15F5O/c16-10-5-6-13(17)9(7-10)8-14(21)11-3-1-2-4-12(11)15(18,19)20/h5-7,11-12H,1-4,8H2. The molecule has 2 unspecified atom stereocenters. The van der Waals surface area contributed by atoms with Crippen molar-refractivity contribution in [1.82, 2.24) is 0 Å². The lowest BCUT2D eigenvalue weighted by Gasteiger charge is -2.32. The van der Waals surface area contributed by atoms with E-state index in [4.69, 9.17) is 0 Å². The Morgan fingerprint density at radius 1 is 1.14 bits per heavy atom. The fourth-order valence-corrected chi connectivity index (χ4v) is 2.91. The van der Waals surface area contributed by atoms with E-state index in [2.05, 4.69) is 0 Å². The van der Waals surface area contributed by atoms with E-state index in [1.54, 1.807) is 0 Å². The van der Waals surface area contributed by atoms with Gasteiger partial charge < -0.3 is 0 Å². The number of hydrogen-bond acceptors (Lipinski definition) is 1. The van der Waals surface area contributed by atoms with Crippen molar-refractivity contribution in [3.8, 4) is 0 Å². The summed E-state index contributed by atoms with van der Waals surface area (Å²) in [7, 11) is 0. The summed E-state index contributed by atoms with van der Waals surface area (Å²) in [5, 5.41) is 0. The summed E-state index contributed by atoms with van der Waals surface area (Å²) in [6, 6.07) is 2.64. The molecule has 1 aliphatic carbocycles. The normalized spacial score (nSPS) is 23.1. The average Bonchev–Trinajstić information content (AvgIpc) is 2.42. The van der Waals surface area contributed by atoms with E-state index in [1.165, 1.54) is 0 Å². The van der Waals surface area contributed by atoms with Crippen LogP contribution in [-0.4, -0.2) is 12.0 Å². The van der Waals surface area contributed by atoms with Crippen molar-refractivity contribution >= 4 is 5.78 Å². The lowest BCUT2D eigenvalue weighted by Crippen LogP contribution is -2.38. The van der Waals surface area contributed by atoms with Gasteiger partial charge >= 0.3 is 6.18 Å². The van der Waals surface area contributed by atoms with Gasteiger partial charge in [0.15, 0.2) is 0 Å². The SMILES string of the molecule is O=C(Cc1cc(F)ccc1F)C1CCCCC1C(F)(F)F. The van der Waals surface area contributed by atoms with Gasteiger partial charge in [-0.1, -0.05) is 12.8 Å². The van der Waals surface area contributed by atoms with Crippen LogP contribution in [0.2, 0.25) is 0 Å². The fraction of sp³-hybridized carbons (Fsp3) is 0.533. The highest BCUT2D eigenvalue weighted by molar-refractivity contribution is 5.83. The molecule has 116 valence electrons. The highest BCUT2D eigenvalue weighted by Gasteiger charge is 2.47. The molecule has 0 aliphatic heterocycles. The minimum absolute atomic E-state index is 0.0778. The first-order valence-corrected chi connectivity index (χ1v) is 6.82. The minimum Gasteiger partial charge on any atom is -0.299 e. The molecule has 1 aliphatic rings. The molecule has 0 N–H and O–H groups in total. The summed E-state index contributed by atoms with van der Waals surface area (Å²) in [4.78, 5) is 12.1. The predicted molar refractivity (Wildman–Crippen MR) is 66.6 cm³/mol. The molecule has 0 bridgehead atoms. The Balaban J connectivity index is 2.16. The topological polar surface area (TPSA) is 17.1 Å². The highest BCUT2D eigenvalue weighted by atomic mass is 19.4. The maximum atomic E-state index is 13.5. The summed E-state index contributed by atoms with van der Waals surface area (Å²) >= 11 is 0. The second-order valence-electron chi connectivity index (χ2n) is 5.42. The Kier molecular flexibility index (Phi) is 4.64. The lowest BCUT2D eigenvalue weighted by molar-refractivity contribution is -0.197. The van der Waals surface area contributed by atoms with Crippen LogP contribution in [-0.2, 0) is 11.2 Å². The number of benzene rings is 1. The lowest BCUT2D eigenvalue weighted by atomic mass is 9.75. The largest absolute Gasteiger partial charge is 0.392 e. The van der Waals surface area contributed by atoms with Crippen LogP contribution >= 0.6 is 0 Å². The monoisotopic (exact) mass is 306 g/mol. The summed E-state index contributed by atoms with van der Waals surface area (Å²) in [5.74, 6) is -4.97. The van der Waals surface area contributed by atoms with Crippen molar-refractivity contribution in [2.24, 2.45) is 11.8 Å². The molecule has 0 radical (unpaired) electrons. The summed E-state index contributed by atoms with van der Waals surface area (Å²) in [6.45, 7) is 0. The van der Waals surface area contributed by atoms with E-state index in [0.717, 1.165) is 18.2 Å². The third-order valence-electron chi connectivity index (χ3n) is 3.97. The van der Waals surface area contributed by atoms with E-state index in [1.807, 2.05) is 0 Å². The van der Waals surface area contributed by atoms with Crippen molar-refractivity contribution < 1.29 is 26.7 Å². The van der Waals surface area contributed by atoms with E-state index in [0.29, 0.717) is 12.8 Å². The molecule has 0 amide bonds. The second-order valence-corrected chi connectivity index (χ2v) is 5.42. The summed E-state index contributed by atoms with van der Waals surface area (Å²) < 4.78 is 65.4. The zero-order valence-electron chi connectivity index (χ0n) is 11.2. The third-order valence-corrected chi connectivity index (χ3v) is 3.97. The van der Waals surface area contributed by atoms with Crippen LogP contribution in [0.3, 0.4) is 0 Å². The quantitative estimate of drug-likeness (QED) is 0.754. The van der Waals surface area contributed by atoms with Crippen LogP contribution in [0.1, 0.15) is 31.2 Å². The van der Waals surface area contributed by atoms with Crippen molar-refractivity contribution in [3.05, 3.63) is 35.4 Å². The van der Waals surface area contributed by atoms with Gasteiger partial charge in [0, 0.05) is 12.3 Å². The molecule has 1 aromatic carbocycles. The van der Waals surface area contributed by atoms with Crippen molar-refractivity contribution in [3.63, 3.8) is 0 Å². The minimum atomic E-state index is -4.43. The van der Waals surface area contributed by atoms with Gasteiger partial charge in [-0.05, 0) is 36.6 Å². The molecule has 2 atom stereocenters. The first-order chi connectivity index (χ1) is 9.79. The average molecular weight is 306 g/mol. The molecule has 1 nitrogen and oxygen atoms in total. The molecule has 1 fully saturated rings. The first kappa shape index (κ1) is 15.9. The second kappa shape index (κ2) is 6.12. The van der Waals surface area contributed by atoms with Gasteiger partial charge in [0.1, 0.15) is 17.4 Å². The maximum absolute atomic E-state index is 13.5. The van der Waals surface area contributed by atoms with E-state index >= 15 is 0 Å². The maximum Gasteiger partial charge on any atom is 0.392 e. The smallest absolute Gasteiger partial charge is 0.299 e. The van der Waals surface area contributed by atoms with Gasteiger partial charge in [0.25, 0.3) is 0 Å².